The highest BCUT2D eigenvalue weighted by molar-refractivity contribution is 5.80. The lowest BCUT2D eigenvalue weighted by Crippen LogP contribution is -2.26. The molecule has 5 heteroatoms. The number of aromatic nitrogens is 4. The van der Waals surface area contributed by atoms with Gasteiger partial charge in [-0.3, -0.25) is 13.8 Å². The average molecular weight is 282 g/mol. The van der Waals surface area contributed by atoms with Gasteiger partial charge in [0.1, 0.15) is 5.82 Å². The quantitative estimate of drug-likeness (QED) is 0.726. The SMILES string of the molecule is CCc1nnc2n(C3CCCC3)c(=O)c3ccccc3n12. The fraction of sp³-hybridized carbons (Fsp3) is 0.438. The van der Waals surface area contributed by atoms with Gasteiger partial charge in [-0.1, -0.05) is 31.9 Å². The minimum atomic E-state index is 0.0695. The highest BCUT2D eigenvalue weighted by atomic mass is 16.1. The zero-order valence-corrected chi connectivity index (χ0v) is 12.1. The first-order valence-electron chi connectivity index (χ1n) is 7.68. The van der Waals surface area contributed by atoms with Crippen molar-refractivity contribution in [1.29, 1.82) is 0 Å². The van der Waals surface area contributed by atoms with Crippen LogP contribution >= 0.6 is 0 Å². The molecule has 4 rings (SSSR count). The lowest BCUT2D eigenvalue weighted by atomic mass is 10.2. The first-order chi connectivity index (χ1) is 10.3. The van der Waals surface area contributed by atoms with E-state index in [1.165, 1.54) is 12.8 Å². The number of aryl methyl sites for hydroxylation is 1. The van der Waals surface area contributed by atoms with E-state index in [9.17, 15) is 4.79 Å². The van der Waals surface area contributed by atoms with Gasteiger partial charge >= 0.3 is 0 Å². The monoisotopic (exact) mass is 282 g/mol. The number of nitrogens with zero attached hydrogens (tertiary/aromatic N) is 4. The van der Waals surface area contributed by atoms with Crippen LogP contribution in [0, 0.1) is 0 Å². The molecule has 0 unspecified atom stereocenters. The Morgan fingerprint density at radius 1 is 1.19 bits per heavy atom. The van der Waals surface area contributed by atoms with Crippen molar-refractivity contribution in [3.05, 3.63) is 40.4 Å². The van der Waals surface area contributed by atoms with Gasteiger partial charge in [0.15, 0.2) is 0 Å². The molecule has 0 N–H and O–H groups in total. The largest absolute Gasteiger partial charge is 0.273 e. The van der Waals surface area contributed by atoms with Crippen LogP contribution in [-0.4, -0.2) is 19.2 Å². The Labute approximate surface area is 122 Å². The summed E-state index contributed by atoms with van der Waals surface area (Å²) in [6.45, 7) is 2.07. The van der Waals surface area contributed by atoms with Crippen molar-refractivity contribution in [2.45, 2.75) is 45.1 Å². The minimum absolute atomic E-state index is 0.0695. The van der Waals surface area contributed by atoms with E-state index in [4.69, 9.17) is 0 Å². The third kappa shape index (κ3) is 1.73. The average Bonchev–Trinajstić information content (AvgIpc) is 3.17. The Hall–Kier alpha value is -2.17. The van der Waals surface area contributed by atoms with Crippen LogP contribution < -0.4 is 5.56 Å². The van der Waals surface area contributed by atoms with E-state index in [-0.39, 0.29) is 11.6 Å². The maximum Gasteiger partial charge on any atom is 0.263 e. The van der Waals surface area contributed by atoms with Crippen LogP contribution in [0.25, 0.3) is 16.7 Å². The molecule has 3 aromatic rings. The van der Waals surface area contributed by atoms with E-state index in [0.29, 0.717) is 5.78 Å². The molecule has 1 aromatic carbocycles. The normalized spacial score (nSPS) is 16.2. The first-order valence-corrected chi connectivity index (χ1v) is 7.68. The molecular formula is C16H18N4O. The summed E-state index contributed by atoms with van der Waals surface area (Å²) >= 11 is 0. The number of para-hydroxylation sites is 1. The third-order valence-corrected chi connectivity index (χ3v) is 4.53. The molecule has 0 amide bonds. The standard InChI is InChI=1S/C16H18N4O/c1-2-14-17-18-16-19(11-7-3-4-8-11)15(21)12-9-5-6-10-13(12)20(14)16/h5-6,9-11H,2-4,7-8H2,1H3. The molecule has 2 aromatic heterocycles. The second-order valence-corrected chi connectivity index (χ2v) is 5.74. The molecule has 0 saturated heterocycles. The van der Waals surface area contributed by atoms with Crippen LogP contribution in [0.5, 0.6) is 0 Å². The number of benzene rings is 1. The van der Waals surface area contributed by atoms with Crippen LogP contribution in [0.4, 0.5) is 0 Å². The predicted molar refractivity (Wildman–Crippen MR) is 81.6 cm³/mol. The fourth-order valence-electron chi connectivity index (χ4n) is 3.50. The van der Waals surface area contributed by atoms with Gasteiger partial charge in [-0.2, -0.15) is 0 Å². The van der Waals surface area contributed by atoms with E-state index < -0.39 is 0 Å². The molecule has 21 heavy (non-hydrogen) atoms. The van der Waals surface area contributed by atoms with E-state index >= 15 is 0 Å². The Morgan fingerprint density at radius 3 is 2.71 bits per heavy atom. The van der Waals surface area contributed by atoms with Crippen molar-refractivity contribution < 1.29 is 0 Å². The van der Waals surface area contributed by atoms with Gasteiger partial charge in [0.25, 0.3) is 5.56 Å². The second kappa shape index (κ2) is 4.69. The van der Waals surface area contributed by atoms with Crippen LogP contribution in [0.1, 0.15) is 44.5 Å². The molecule has 5 nitrogen and oxygen atoms in total. The number of hydrogen-bond acceptors (Lipinski definition) is 3. The Morgan fingerprint density at radius 2 is 1.95 bits per heavy atom. The van der Waals surface area contributed by atoms with Gasteiger partial charge in [0.05, 0.1) is 10.9 Å². The van der Waals surface area contributed by atoms with Crippen LogP contribution in [-0.2, 0) is 6.42 Å². The highest BCUT2D eigenvalue weighted by Crippen LogP contribution is 2.30. The van der Waals surface area contributed by atoms with Gasteiger partial charge in [0, 0.05) is 12.5 Å². The molecule has 0 atom stereocenters. The summed E-state index contributed by atoms with van der Waals surface area (Å²) in [7, 11) is 0. The van der Waals surface area contributed by atoms with Crippen molar-refractivity contribution in [3.8, 4) is 0 Å². The minimum Gasteiger partial charge on any atom is -0.273 e. The zero-order chi connectivity index (χ0) is 14.4. The number of fused-ring (bicyclic) bond motifs is 3. The van der Waals surface area contributed by atoms with E-state index in [1.54, 1.807) is 0 Å². The summed E-state index contributed by atoms with van der Waals surface area (Å²) in [6.07, 6.45) is 5.29. The second-order valence-electron chi connectivity index (χ2n) is 5.74. The molecule has 108 valence electrons. The molecule has 2 heterocycles. The van der Waals surface area contributed by atoms with Crippen LogP contribution in [0.2, 0.25) is 0 Å². The molecule has 0 radical (unpaired) electrons. The predicted octanol–water partition coefficient (Wildman–Crippen LogP) is 2.72. The topological polar surface area (TPSA) is 52.2 Å². The van der Waals surface area contributed by atoms with Crippen molar-refractivity contribution in [2.75, 3.05) is 0 Å². The van der Waals surface area contributed by atoms with E-state index in [0.717, 1.165) is 36.0 Å². The van der Waals surface area contributed by atoms with Crippen molar-refractivity contribution in [2.24, 2.45) is 0 Å². The maximum absolute atomic E-state index is 12.9. The molecule has 0 bridgehead atoms. The smallest absolute Gasteiger partial charge is 0.263 e. The zero-order valence-electron chi connectivity index (χ0n) is 12.1. The lowest BCUT2D eigenvalue weighted by molar-refractivity contribution is 0.511. The van der Waals surface area contributed by atoms with Gasteiger partial charge in [-0.25, -0.2) is 0 Å². The molecular weight excluding hydrogens is 264 g/mol. The number of hydrogen-bond donors (Lipinski definition) is 0. The summed E-state index contributed by atoms with van der Waals surface area (Å²) in [5.74, 6) is 1.61. The number of rotatable bonds is 2. The first kappa shape index (κ1) is 12.6. The van der Waals surface area contributed by atoms with E-state index in [2.05, 4.69) is 21.5 Å². The fourth-order valence-corrected chi connectivity index (χ4v) is 3.50. The Bertz CT molecular complexity index is 871. The van der Waals surface area contributed by atoms with Crippen molar-refractivity contribution in [1.82, 2.24) is 19.2 Å². The van der Waals surface area contributed by atoms with E-state index in [1.807, 2.05) is 28.8 Å². The van der Waals surface area contributed by atoms with Gasteiger partial charge in [-0.15, -0.1) is 10.2 Å². The summed E-state index contributed by atoms with van der Waals surface area (Å²) in [5.41, 5.74) is 0.980. The molecule has 1 saturated carbocycles. The van der Waals surface area contributed by atoms with Gasteiger partial charge < -0.3 is 0 Å². The summed E-state index contributed by atoms with van der Waals surface area (Å²) in [5, 5.41) is 9.37. The molecule has 1 fully saturated rings. The molecule has 1 aliphatic carbocycles. The molecule has 0 spiro atoms. The summed E-state index contributed by atoms with van der Waals surface area (Å²) in [6, 6.07) is 8.02. The Balaban J connectivity index is 2.18. The maximum atomic E-state index is 12.9. The lowest BCUT2D eigenvalue weighted by Gasteiger charge is -2.16. The van der Waals surface area contributed by atoms with Gasteiger partial charge in [-0.05, 0) is 25.0 Å². The van der Waals surface area contributed by atoms with Crippen LogP contribution in [0.3, 0.4) is 0 Å². The molecule has 0 aliphatic heterocycles. The summed E-state index contributed by atoms with van der Waals surface area (Å²) in [4.78, 5) is 12.9. The Kier molecular flexibility index (Phi) is 2.80. The van der Waals surface area contributed by atoms with Crippen molar-refractivity contribution in [3.63, 3.8) is 0 Å². The van der Waals surface area contributed by atoms with Gasteiger partial charge in [0.2, 0.25) is 5.78 Å². The summed E-state index contributed by atoms with van der Waals surface area (Å²) < 4.78 is 3.93. The third-order valence-electron chi connectivity index (χ3n) is 4.53. The van der Waals surface area contributed by atoms with Crippen molar-refractivity contribution >= 4 is 16.7 Å². The molecule has 1 aliphatic rings. The highest BCUT2D eigenvalue weighted by Gasteiger charge is 2.23. The van der Waals surface area contributed by atoms with Crippen LogP contribution in [0.15, 0.2) is 29.1 Å².